The second-order valence-electron chi connectivity index (χ2n) is 9.27. The minimum atomic E-state index is -3.55. The number of rotatable bonds is 5. The van der Waals surface area contributed by atoms with Crippen molar-refractivity contribution in [2.24, 2.45) is 5.92 Å². The van der Waals surface area contributed by atoms with Crippen LogP contribution in [0.5, 0.6) is 0 Å². The molecule has 31 heavy (non-hydrogen) atoms. The van der Waals surface area contributed by atoms with E-state index in [0.717, 1.165) is 11.1 Å². The zero-order valence-electron chi connectivity index (χ0n) is 18.6. The van der Waals surface area contributed by atoms with Crippen LogP contribution in [-0.2, 0) is 26.8 Å². The van der Waals surface area contributed by atoms with Gasteiger partial charge >= 0.3 is 0 Å². The number of halogens is 1. The zero-order chi connectivity index (χ0) is 22.8. The van der Waals surface area contributed by atoms with Gasteiger partial charge < -0.3 is 4.90 Å². The zero-order valence-corrected chi connectivity index (χ0v) is 20.2. The van der Waals surface area contributed by atoms with Crippen LogP contribution in [0.3, 0.4) is 0 Å². The summed E-state index contributed by atoms with van der Waals surface area (Å²) < 4.78 is 27.6. The largest absolute Gasteiger partial charge is 0.341 e. The second-order valence-corrected chi connectivity index (χ2v) is 11.6. The highest BCUT2D eigenvalue weighted by atomic mass is 35.5. The van der Waals surface area contributed by atoms with E-state index >= 15 is 0 Å². The van der Waals surface area contributed by atoms with Gasteiger partial charge in [0.2, 0.25) is 15.9 Å². The molecule has 0 atom stereocenters. The van der Waals surface area contributed by atoms with Crippen molar-refractivity contribution in [3.8, 4) is 0 Å². The lowest BCUT2D eigenvalue weighted by Gasteiger charge is -2.32. The lowest BCUT2D eigenvalue weighted by molar-refractivity contribution is -0.135. The van der Waals surface area contributed by atoms with Crippen molar-refractivity contribution in [3.05, 3.63) is 64.7 Å². The van der Waals surface area contributed by atoms with Gasteiger partial charge in [-0.15, -0.1) is 0 Å². The van der Waals surface area contributed by atoms with E-state index in [0.29, 0.717) is 42.4 Å². The average molecular weight is 463 g/mol. The van der Waals surface area contributed by atoms with E-state index in [1.807, 2.05) is 36.4 Å². The van der Waals surface area contributed by atoms with E-state index in [1.54, 1.807) is 24.1 Å². The van der Waals surface area contributed by atoms with Gasteiger partial charge in [-0.2, -0.15) is 4.31 Å². The van der Waals surface area contributed by atoms with Gasteiger partial charge in [0.05, 0.1) is 4.90 Å². The van der Waals surface area contributed by atoms with Crippen LogP contribution in [0.1, 0.15) is 44.7 Å². The number of amides is 1. The van der Waals surface area contributed by atoms with Crippen LogP contribution in [0.2, 0.25) is 5.02 Å². The molecule has 0 unspecified atom stereocenters. The van der Waals surface area contributed by atoms with E-state index in [9.17, 15) is 13.2 Å². The fourth-order valence-corrected chi connectivity index (χ4v) is 5.47. The quantitative estimate of drug-likeness (QED) is 0.647. The minimum Gasteiger partial charge on any atom is -0.341 e. The fourth-order valence-electron chi connectivity index (χ4n) is 3.87. The van der Waals surface area contributed by atoms with Crippen molar-refractivity contribution in [3.63, 3.8) is 0 Å². The Labute approximate surface area is 191 Å². The summed E-state index contributed by atoms with van der Waals surface area (Å²) in [5.74, 6) is -0.103. The van der Waals surface area contributed by atoms with Gasteiger partial charge in [0.15, 0.2) is 0 Å². The van der Waals surface area contributed by atoms with Crippen LogP contribution in [-0.4, -0.2) is 43.7 Å². The first-order valence-electron chi connectivity index (χ1n) is 10.6. The predicted octanol–water partition coefficient (Wildman–Crippen LogP) is 4.70. The Balaban J connectivity index is 1.60. The number of sulfonamides is 1. The smallest absolute Gasteiger partial charge is 0.243 e. The monoisotopic (exact) mass is 462 g/mol. The van der Waals surface area contributed by atoms with Crippen molar-refractivity contribution in [1.29, 1.82) is 0 Å². The summed E-state index contributed by atoms with van der Waals surface area (Å²) in [5, 5.41) is 0.666. The highest BCUT2D eigenvalue weighted by Crippen LogP contribution is 2.28. The van der Waals surface area contributed by atoms with Gasteiger partial charge in [0, 0.05) is 37.6 Å². The maximum Gasteiger partial charge on any atom is 0.243 e. The van der Waals surface area contributed by atoms with Crippen molar-refractivity contribution >= 4 is 27.5 Å². The molecular weight excluding hydrogens is 432 g/mol. The molecule has 3 rings (SSSR count). The Morgan fingerprint density at radius 2 is 1.58 bits per heavy atom. The van der Waals surface area contributed by atoms with Gasteiger partial charge in [-0.3, -0.25) is 4.79 Å². The van der Waals surface area contributed by atoms with Crippen LogP contribution >= 0.6 is 11.6 Å². The summed E-state index contributed by atoms with van der Waals surface area (Å²) in [6.45, 7) is 7.52. The van der Waals surface area contributed by atoms with E-state index in [2.05, 4.69) is 20.8 Å². The molecule has 1 saturated heterocycles. The maximum atomic E-state index is 13.0. The van der Waals surface area contributed by atoms with Crippen molar-refractivity contribution in [2.45, 2.75) is 50.5 Å². The molecule has 1 aliphatic rings. The third-order valence-electron chi connectivity index (χ3n) is 5.87. The summed E-state index contributed by atoms with van der Waals surface area (Å²) in [6, 6.07) is 14.6. The molecule has 1 amide bonds. The fraction of sp³-hybridized carbons (Fsp3) is 0.458. The minimum absolute atomic E-state index is 0.0287. The lowest BCUT2D eigenvalue weighted by Crippen LogP contribution is -2.43. The first-order valence-corrected chi connectivity index (χ1v) is 12.4. The molecule has 0 N–H and O–H groups in total. The molecule has 1 heterocycles. The molecule has 0 saturated carbocycles. The number of carbonyl (C=O) groups excluding carboxylic acids is 1. The number of hydrogen-bond donors (Lipinski definition) is 0. The Morgan fingerprint density at radius 1 is 1.03 bits per heavy atom. The molecule has 0 aromatic heterocycles. The lowest BCUT2D eigenvalue weighted by atomic mass is 9.87. The number of hydrogen-bond acceptors (Lipinski definition) is 3. The summed E-state index contributed by atoms with van der Waals surface area (Å²) in [5.41, 5.74) is 2.08. The Bertz CT molecular complexity index is 1000. The van der Waals surface area contributed by atoms with E-state index in [-0.39, 0.29) is 17.2 Å². The first kappa shape index (κ1) is 23.8. The third kappa shape index (κ3) is 5.68. The van der Waals surface area contributed by atoms with Crippen molar-refractivity contribution < 1.29 is 13.2 Å². The molecule has 0 aliphatic carbocycles. The second kappa shape index (κ2) is 9.31. The first-order chi connectivity index (χ1) is 14.5. The maximum absolute atomic E-state index is 13.0. The molecular formula is C24H31ClN2O3S. The molecule has 5 nitrogen and oxygen atoms in total. The molecule has 2 aromatic rings. The van der Waals surface area contributed by atoms with Crippen LogP contribution in [0.15, 0.2) is 53.4 Å². The van der Waals surface area contributed by atoms with Gasteiger partial charge in [-0.25, -0.2) is 8.42 Å². The molecule has 2 aromatic carbocycles. The van der Waals surface area contributed by atoms with Crippen LogP contribution in [0.25, 0.3) is 0 Å². The third-order valence-corrected chi connectivity index (χ3v) is 8.04. The molecule has 1 fully saturated rings. The predicted molar refractivity (Wildman–Crippen MR) is 125 cm³/mol. The molecule has 0 bridgehead atoms. The van der Waals surface area contributed by atoms with E-state index in [1.165, 1.54) is 4.31 Å². The summed E-state index contributed by atoms with van der Waals surface area (Å²) in [4.78, 5) is 14.9. The van der Waals surface area contributed by atoms with Crippen LogP contribution in [0.4, 0.5) is 0 Å². The standard InChI is InChI=1S/C24H31ClN2O3S/c1-24(2,3)20-7-11-22(12-8-20)31(29,30)27-15-13-19(14-16-27)23(28)26(4)17-18-5-9-21(25)10-6-18/h5-12,19H,13-17H2,1-4H3. The molecule has 168 valence electrons. The van der Waals surface area contributed by atoms with E-state index in [4.69, 9.17) is 11.6 Å². The van der Waals surface area contributed by atoms with Gasteiger partial charge in [0.1, 0.15) is 0 Å². The number of benzene rings is 2. The topological polar surface area (TPSA) is 57.7 Å². The van der Waals surface area contributed by atoms with Crippen LogP contribution < -0.4 is 0 Å². The van der Waals surface area contributed by atoms with Crippen molar-refractivity contribution in [2.75, 3.05) is 20.1 Å². The Morgan fingerprint density at radius 3 is 2.10 bits per heavy atom. The average Bonchev–Trinajstić information content (AvgIpc) is 2.74. The summed E-state index contributed by atoms with van der Waals surface area (Å²) >= 11 is 5.92. The van der Waals surface area contributed by atoms with E-state index < -0.39 is 10.0 Å². The number of carbonyl (C=O) groups is 1. The normalized spacial score (nSPS) is 16.3. The molecule has 0 spiro atoms. The molecule has 0 radical (unpaired) electrons. The van der Waals surface area contributed by atoms with Gasteiger partial charge in [-0.1, -0.05) is 56.6 Å². The van der Waals surface area contributed by atoms with Gasteiger partial charge in [-0.05, 0) is 53.6 Å². The highest BCUT2D eigenvalue weighted by Gasteiger charge is 2.33. The number of piperidine rings is 1. The van der Waals surface area contributed by atoms with Gasteiger partial charge in [0.25, 0.3) is 0 Å². The summed E-state index contributed by atoms with van der Waals surface area (Å²) in [6.07, 6.45) is 1.06. The number of nitrogens with zero attached hydrogens (tertiary/aromatic N) is 2. The molecule has 1 aliphatic heterocycles. The van der Waals surface area contributed by atoms with Crippen molar-refractivity contribution in [1.82, 2.24) is 9.21 Å². The Hall–Kier alpha value is -1.89. The SMILES string of the molecule is CN(Cc1ccc(Cl)cc1)C(=O)C1CCN(S(=O)(=O)c2ccc(C(C)(C)C)cc2)CC1. The summed E-state index contributed by atoms with van der Waals surface area (Å²) in [7, 11) is -1.76. The Kier molecular flexibility index (Phi) is 7.14. The molecule has 7 heteroatoms. The highest BCUT2D eigenvalue weighted by molar-refractivity contribution is 7.89. The van der Waals surface area contributed by atoms with Crippen LogP contribution in [0, 0.1) is 5.92 Å².